The summed E-state index contributed by atoms with van der Waals surface area (Å²) in [6, 6.07) is 18.5. The topological polar surface area (TPSA) is 6.48 Å². The van der Waals surface area contributed by atoms with Gasteiger partial charge in [0.15, 0.2) is 0 Å². The Bertz CT molecular complexity index is 869. The van der Waals surface area contributed by atoms with Crippen LogP contribution in [0.3, 0.4) is 0 Å². The highest BCUT2D eigenvalue weighted by atomic mass is 15.2. The van der Waals surface area contributed by atoms with Crippen molar-refractivity contribution in [1.29, 1.82) is 0 Å². The fraction of sp³-hybridized carbons (Fsp3) is 0.429. The fourth-order valence-electron chi connectivity index (χ4n) is 4.43. The van der Waals surface area contributed by atoms with Gasteiger partial charge in [-0.15, -0.1) is 0 Å². The smallest absolute Gasteiger partial charge is 0.0607 e. The van der Waals surface area contributed by atoms with Gasteiger partial charge in [-0.2, -0.15) is 0 Å². The van der Waals surface area contributed by atoms with Gasteiger partial charge in [-0.1, -0.05) is 47.9 Å². The second kappa shape index (κ2) is 9.99. The molecule has 2 aliphatic rings. The van der Waals surface area contributed by atoms with E-state index in [0.29, 0.717) is 12.1 Å². The normalized spacial score (nSPS) is 21.7. The molecule has 0 N–H and O–H groups in total. The largest absolute Gasteiger partial charge is 0.290 e. The molecular weight excluding hydrogens is 364 g/mol. The Kier molecular flexibility index (Phi) is 6.91. The number of benzene rings is 2. The zero-order valence-corrected chi connectivity index (χ0v) is 18.3. The van der Waals surface area contributed by atoms with Crippen LogP contribution in [-0.2, 0) is 0 Å². The molecule has 0 aliphatic carbocycles. The summed E-state index contributed by atoms with van der Waals surface area (Å²) in [5.74, 6) is 13.3. The van der Waals surface area contributed by atoms with Crippen molar-refractivity contribution in [2.75, 3.05) is 26.2 Å². The number of rotatable bonds is 3. The first-order valence-corrected chi connectivity index (χ1v) is 11.4. The van der Waals surface area contributed by atoms with Gasteiger partial charge in [0.05, 0.1) is 13.1 Å². The summed E-state index contributed by atoms with van der Waals surface area (Å²) >= 11 is 0. The first-order valence-electron chi connectivity index (χ1n) is 11.4. The minimum atomic E-state index is 0.679. The van der Waals surface area contributed by atoms with Crippen LogP contribution in [0.2, 0.25) is 0 Å². The van der Waals surface area contributed by atoms with Crippen molar-refractivity contribution in [3.8, 4) is 34.8 Å². The lowest BCUT2D eigenvalue weighted by Gasteiger charge is -2.16. The molecule has 2 fully saturated rings. The Morgan fingerprint density at radius 1 is 0.667 bits per heavy atom. The van der Waals surface area contributed by atoms with Gasteiger partial charge in [0.25, 0.3) is 0 Å². The highest BCUT2D eigenvalue weighted by molar-refractivity contribution is 5.65. The summed E-state index contributed by atoms with van der Waals surface area (Å²) < 4.78 is 0. The average molecular weight is 397 g/mol. The molecule has 2 nitrogen and oxygen atoms in total. The third-order valence-corrected chi connectivity index (χ3v) is 6.51. The van der Waals surface area contributed by atoms with Gasteiger partial charge in [-0.25, -0.2) is 0 Å². The van der Waals surface area contributed by atoms with Crippen molar-refractivity contribution >= 4 is 0 Å². The van der Waals surface area contributed by atoms with E-state index in [-0.39, 0.29) is 0 Å². The second-order valence-corrected chi connectivity index (χ2v) is 8.68. The molecule has 2 heteroatoms. The number of nitrogens with zero attached hydrogens (tertiary/aromatic N) is 2. The lowest BCUT2D eigenvalue weighted by Crippen LogP contribution is -2.26. The summed E-state index contributed by atoms with van der Waals surface area (Å²) in [4.78, 5) is 4.94. The van der Waals surface area contributed by atoms with E-state index in [0.717, 1.165) is 24.2 Å². The minimum Gasteiger partial charge on any atom is -0.290 e. The van der Waals surface area contributed by atoms with E-state index in [2.05, 4.69) is 95.9 Å². The number of hydrogen-bond acceptors (Lipinski definition) is 2. The van der Waals surface area contributed by atoms with E-state index in [1.807, 2.05) is 0 Å². The van der Waals surface area contributed by atoms with Crippen LogP contribution in [0.1, 0.15) is 50.7 Å². The zero-order valence-electron chi connectivity index (χ0n) is 18.3. The van der Waals surface area contributed by atoms with Crippen molar-refractivity contribution < 1.29 is 0 Å². The molecule has 0 saturated carbocycles. The Hall–Kier alpha value is -2.52. The molecule has 30 heavy (non-hydrogen) atoms. The molecule has 2 aromatic carbocycles. The van der Waals surface area contributed by atoms with Crippen LogP contribution in [0.15, 0.2) is 48.5 Å². The van der Waals surface area contributed by atoms with Gasteiger partial charge < -0.3 is 0 Å². The summed E-state index contributed by atoms with van der Waals surface area (Å²) in [7, 11) is 0. The highest BCUT2D eigenvalue weighted by Gasteiger charge is 2.19. The number of likely N-dealkylation sites (tertiary alicyclic amines) is 2. The van der Waals surface area contributed by atoms with Crippen LogP contribution >= 0.6 is 0 Å². The van der Waals surface area contributed by atoms with Crippen molar-refractivity contribution in [3.63, 3.8) is 0 Å². The molecule has 2 aromatic rings. The summed E-state index contributed by atoms with van der Waals surface area (Å²) in [6.07, 6.45) is 5.22. The maximum absolute atomic E-state index is 3.34. The molecule has 0 unspecified atom stereocenters. The maximum Gasteiger partial charge on any atom is 0.0607 e. The van der Waals surface area contributed by atoms with Crippen LogP contribution in [0, 0.1) is 23.7 Å². The molecule has 0 radical (unpaired) electrons. The second-order valence-electron chi connectivity index (χ2n) is 8.68. The molecule has 2 aliphatic heterocycles. The van der Waals surface area contributed by atoms with E-state index >= 15 is 0 Å². The van der Waals surface area contributed by atoms with E-state index < -0.39 is 0 Å². The molecule has 0 bridgehead atoms. The van der Waals surface area contributed by atoms with Crippen LogP contribution in [0.25, 0.3) is 11.1 Å². The van der Waals surface area contributed by atoms with E-state index in [1.54, 1.807) is 0 Å². The van der Waals surface area contributed by atoms with Gasteiger partial charge in [0.1, 0.15) is 0 Å². The summed E-state index contributed by atoms with van der Waals surface area (Å²) in [5, 5.41) is 0. The molecule has 2 saturated heterocycles. The maximum atomic E-state index is 3.34. The van der Waals surface area contributed by atoms with Crippen LogP contribution in [0.4, 0.5) is 0 Å². The minimum absolute atomic E-state index is 0.679. The SMILES string of the molecule is C[C@H]1CCCN1CC#Cc1ccc(-c2ccc(C#CCN3CCC[C@@H]3C)cc2)cc1. The van der Waals surface area contributed by atoms with Gasteiger partial charge in [-0.05, 0) is 88.0 Å². The third kappa shape index (κ3) is 5.34. The standard InChI is InChI=1S/C28H32N2/c1-23-7-3-19-29(23)21-5-9-25-11-15-27(16-12-25)28-17-13-26(14-18-28)10-6-22-30-20-4-8-24(30)2/h11-18,23-24H,3-4,7-8,19-22H2,1-2H3/t23-,24-/m0/s1. The Morgan fingerprint density at radius 3 is 1.40 bits per heavy atom. The summed E-state index contributed by atoms with van der Waals surface area (Å²) in [6.45, 7) is 8.73. The van der Waals surface area contributed by atoms with Gasteiger partial charge in [0, 0.05) is 23.2 Å². The van der Waals surface area contributed by atoms with E-state index in [4.69, 9.17) is 0 Å². The average Bonchev–Trinajstić information content (AvgIpc) is 3.37. The van der Waals surface area contributed by atoms with Gasteiger partial charge in [0.2, 0.25) is 0 Å². The van der Waals surface area contributed by atoms with Crippen molar-refractivity contribution in [2.45, 2.75) is 51.6 Å². The van der Waals surface area contributed by atoms with Gasteiger partial charge in [-0.3, -0.25) is 9.80 Å². The Morgan fingerprint density at radius 2 is 1.07 bits per heavy atom. The molecule has 0 amide bonds. The first-order chi connectivity index (χ1) is 14.7. The predicted molar refractivity (Wildman–Crippen MR) is 126 cm³/mol. The summed E-state index contributed by atoms with van der Waals surface area (Å²) in [5.41, 5.74) is 4.62. The fourth-order valence-corrected chi connectivity index (χ4v) is 4.43. The quantitative estimate of drug-likeness (QED) is 0.672. The van der Waals surface area contributed by atoms with Crippen molar-refractivity contribution in [1.82, 2.24) is 9.80 Å². The molecule has 2 atom stereocenters. The van der Waals surface area contributed by atoms with Crippen LogP contribution in [0.5, 0.6) is 0 Å². The highest BCUT2D eigenvalue weighted by Crippen LogP contribution is 2.20. The van der Waals surface area contributed by atoms with Crippen LogP contribution in [-0.4, -0.2) is 48.1 Å². The Balaban J connectivity index is 1.33. The molecule has 0 aromatic heterocycles. The van der Waals surface area contributed by atoms with Crippen molar-refractivity contribution in [3.05, 3.63) is 59.7 Å². The molecule has 0 spiro atoms. The van der Waals surface area contributed by atoms with Crippen molar-refractivity contribution in [2.24, 2.45) is 0 Å². The van der Waals surface area contributed by atoms with Crippen LogP contribution < -0.4 is 0 Å². The monoisotopic (exact) mass is 396 g/mol. The Labute approximate surface area is 182 Å². The lowest BCUT2D eigenvalue weighted by atomic mass is 10.0. The molecule has 4 rings (SSSR count). The molecule has 154 valence electrons. The molecule has 2 heterocycles. The predicted octanol–water partition coefficient (Wildman–Crippen LogP) is 5.03. The zero-order chi connectivity index (χ0) is 20.8. The first kappa shape index (κ1) is 20.7. The lowest BCUT2D eigenvalue weighted by molar-refractivity contribution is 0.303. The third-order valence-electron chi connectivity index (χ3n) is 6.51. The van der Waals surface area contributed by atoms with E-state index in [9.17, 15) is 0 Å². The van der Waals surface area contributed by atoms with E-state index in [1.165, 1.54) is 49.9 Å². The molecular formula is C28H32N2. The van der Waals surface area contributed by atoms with Gasteiger partial charge >= 0.3 is 0 Å². The number of hydrogen-bond donors (Lipinski definition) is 0.